The van der Waals surface area contributed by atoms with Crippen molar-refractivity contribution in [2.75, 3.05) is 0 Å². The Bertz CT molecular complexity index is 652. The van der Waals surface area contributed by atoms with Crippen LogP contribution in [0.3, 0.4) is 0 Å². The number of rotatable bonds is 4. The first-order chi connectivity index (χ1) is 10.3. The van der Waals surface area contributed by atoms with E-state index in [0.29, 0.717) is 10.5 Å². The minimum atomic E-state index is -1.32. The number of aromatic hydroxyl groups is 1. The first kappa shape index (κ1) is 16.5. The van der Waals surface area contributed by atoms with Gasteiger partial charge in [0.2, 0.25) is 0 Å². The molecule has 2 rings (SSSR count). The number of nitrogens with zero attached hydrogens (tertiary/aromatic N) is 1. The zero-order valence-corrected chi connectivity index (χ0v) is 13.6. The number of carbonyl (C=O) groups is 2. The summed E-state index contributed by atoms with van der Waals surface area (Å²) < 4.78 is 0.206. The number of carboxylic acids is 1. The molecule has 0 unspecified atom stereocenters. The van der Waals surface area contributed by atoms with E-state index in [1.54, 1.807) is 32.1 Å². The maximum Gasteiger partial charge on any atom is 0.266 e. The summed E-state index contributed by atoms with van der Waals surface area (Å²) in [7, 11) is 0. The Morgan fingerprint density at radius 2 is 1.95 bits per heavy atom. The molecule has 22 heavy (non-hydrogen) atoms. The Morgan fingerprint density at radius 1 is 1.36 bits per heavy atom. The Hall–Kier alpha value is -1.86. The van der Waals surface area contributed by atoms with Gasteiger partial charge in [-0.05, 0) is 29.7 Å². The predicted octanol–water partition coefficient (Wildman–Crippen LogP) is 1.37. The lowest BCUT2D eigenvalue weighted by Gasteiger charge is -2.30. The van der Waals surface area contributed by atoms with Gasteiger partial charge in [0.05, 0.1) is 16.9 Å². The monoisotopic (exact) mass is 336 g/mol. The van der Waals surface area contributed by atoms with Crippen LogP contribution in [0.1, 0.15) is 19.4 Å². The molecule has 1 aliphatic rings. The van der Waals surface area contributed by atoms with Crippen molar-refractivity contribution < 1.29 is 19.8 Å². The molecule has 1 saturated heterocycles. The Labute approximate surface area is 137 Å². The van der Waals surface area contributed by atoms with E-state index in [0.717, 1.165) is 16.7 Å². The molecule has 0 spiro atoms. The van der Waals surface area contributed by atoms with Crippen LogP contribution in [0, 0.1) is 5.92 Å². The van der Waals surface area contributed by atoms with Gasteiger partial charge in [0.1, 0.15) is 10.1 Å². The first-order valence-electron chi connectivity index (χ1n) is 6.58. The van der Waals surface area contributed by atoms with Crippen molar-refractivity contribution in [3.63, 3.8) is 0 Å². The van der Waals surface area contributed by atoms with Crippen LogP contribution in [0.5, 0.6) is 5.75 Å². The van der Waals surface area contributed by atoms with Crippen LogP contribution < -0.4 is 5.11 Å². The lowest BCUT2D eigenvalue weighted by molar-refractivity contribution is -0.311. The van der Waals surface area contributed by atoms with Crippen LogP contribution >= 0.6 is 24.0 Å². The van der Waals surface area contributed by atoms with Crippen molar-refractivity contribution in [2.24, 2.45) is 5.92 Å². The third-order valence-electron chi connectivity index (χ3n) is 3.17. The molecule has 1 atom stereocenters. The summed E-state index contributed by atoms with van der Waals surface area (Å²) in [6.45, 7) is 3.39. The summed E-state index contributed by atoms with van der Waals surface area (Å²) in [5.41, 5.74) is 0.716. The average molecular weight is 336 g/mol. The van der Waals surface area contributed by atoms with E-state index in [4.69, 9.17) is 12.2 Å². The van der Waals surface area contributed by atoms with Crippen LogP contribution in [0.2, 0.25) is 0 Å². The molecule has 1 aromatic rings. The number of thioether (sulfide) groups is 1. The van der Waals surface area contributed by atoms with Crippen molar-refractivity contribution in [2.45, 2.75) is 19.9 Å². The van der Waals surface area contributed by atoms with Crippen molar-refractivity contribution in [3.05, 3.63) is 34.7 Å². The van der Waals surface area contributed by atoms with Crippen molar-refractivity contribution in [1.82, 2.24) is 4.90 Å². The molecular weight excluding hydrogens is 322 g/mol. The molecule has 7 heteroatoms. The molecule has 0 saturated carbocycles. The number of thiocarbonyl (C=S) groups is 1. The molecule has 0 aliphatic carbocycles. The number of phenols is 1. The second kappa shape index (κ2) is 6.50. The maximum atomic E-state index is 12.4. The molecule has 1 heterocycles. The summed E-state index contributed by atoms with van der Waals surface area (Å²) in [5, 5.41) is 20.6. The van der Waals surface area contributed by atoms with Crippen LogP contribution in [0.25, 0.3) is 6.08 Å². The highest BCUT2D eigenvalue weighted by Crippen LogP contribution is 2.35. The highest BCUT2D eigenvalue weighted by atomic mass is 32.2. The normalized spacial score (nSPS) is 18.3. The number of phenolic OH excluding ortho intramolecular Hbond substituents is 1. The molecular formula is C15H14NO4S2-. The topological polar surface area (TPSA) is 80.7 Å². The molecule has 0 bridgehead atoms. The lowest BCUT2D eigenvalue weighted by atomic mass is 10.0. The Balaban J connectivity index is 2.32. The highest BCUT2D eigenvalue weighted by molar-refractivity contribution is 8.26. The summed E-state index contributed by atoms with van der Waals surface area (Å²) in [6.07, 6.45) is 1.62. The van der Waals surface area contributed by atoms with Gasteiger partial charge in [-0.1, -0.05) is 50.0 Å². The molecule has 1 N–H and O–H groups in total. The van der Waals surface area contributed by atoms with Gasteiger partial charge in [-0.25, -0.2) is 0 Å². The number of amides is 1. The predicted molar refractivity (Wildman–Crippen MR) is 86.8 cm³/mol. The average Bonchev–Trinajstić information content (AvgIpc) is 2.69. The second-order valence-electron chi connectivity index (χ2n) is 5.15. The van der Waals surface area contributed by atoms with Gasteiger partial charge < -0.3 is 15.0 Å². The molecule has 0 radical (unpaired) electrons. The first-order valence-corrected chi connectivity index (χ1v) is 7.80. The van der Waals surface area contributed by atoms with E-state index in [-0.39, 0.29) is 16.0 Å². The van der Waals surface area contributed by atoms with Crippen LogP contribution in [0.15, 0.2) is 29.2 Å². The van der Waals surface area contributed by atoms with E-state index in [9.17, 15) is 19.8 Å². The zero-order chi connectivity index (χ0) is 16.4. The van der Waals surface area contributed by atoms with Gasteiger partial charge in [0.25, 0.3) is 5.91 Å². The SMILES string of the molecule is CC(C)[C@H](C(=O)[O-])N1C(=O)/C(=C/c2ccc(O)cc2)SC1=S. The van der Waals surface area contributed by atoms with E-state index in [1.165, 1.54) is 12.1 Å². The van der Waals surface area contributed by atoms with Crippen molar-refractivity contribution in [3.8, 4) is 5.75 Å². The van der Waals surface area contributed by atoms with Gasteiger partial charge in [-0.2, -0.15) is 0 Å². The highest BCUT2D eigenvalue weighted by Gasteiger charge is 2.38. The Kier molecular flexibility index (Phi) is 4.87. The number of carbonyl (C=O) groups excluding carboxylic acids is 2. The Morgan fingerprint density at radius 3 is 2.45 bits per heavy atom. The summed E-state index contributed by atoms with van der Waals surface area (Å²) >= 11 is 6.20. The fourth-order valence-electron chi connectivity index (χ4n) is 2.12. The van der Waals surface area contributed by atoms with Gasteiger partial charge in [0, 0.05) is 0 Å². The summed E-state index contributed by atoms with van der Waals surface area (Å²) in [4.78, 5) is 25.2. The van der Waals surface area contributed by atoms with Crippen LogP contribution in [-0.2, 0) is 9.59 Å². The van der Waals surface area contributed by atoms with Crippen molar-refractivity contribution >= 4 is 46.3 Å². The standard InChI is InChI=1S/C15H15NO4S2/c1-8(2)12(14(19)20)16-13(18)11(22-15(16)21)7-9-3-5-10(17)6-4-9/h3-8,12,17H,1-2H3,(H,19,20)/p-1/b11-7-/t12-/m1/s1. The molecule has 5 nitrogen and oxygen atoms in total. The van der Waals surface area contributed by atoms with Gasteiger partial charge in [0.15, 0.2) is 0 Å². The number of hydrogen-bond donors (Lipinski definition) is 1. The molecule has 1 aromatic carbocycles. The van der Waals surface area contributed by atoms with E-state index >= 15 is 0 Å². The third kappa shape index (κ3) is 3.31. The number of benzene rings is 1. The quantitative estimate of drug-likeness (QED) is 0.661. The molecule has 1 aliphatic heterocycles. The minimum Gasteiger partial charge on any atom is -0.548 e. The molecule has 116 valence electrons. The lowest BCUT2D eigenvalue weighted by Crippen LogP contribution is -2.52. The number of aliphatic carboxylic acids is 1. The summed E-state index contributed by atoms with van der Waals surface area (Å²) in [5.74, 6) is -1.95. The fourth-order valence-corrected chi connectivity index (χ4v) is 3.45. The fraction of sp³-hybridized carbons (Fsp3) is 0.267. The zero-order valence-electron chi connectivity index (χ0n) is 12.0. The number of carboxylic acid groups (broad SMARTS) is 1. The third-order valence-corrected chi connectivity index (χ3v) is 4.50. The van der Waals surface area contributed by atoms with Crippen LogP contribution in [0.4, 0.5) is 0 Å². The van der Waals surface area contributed by atoms with E-state index in [2.05, 4.69) is 0 Å². The maximum absolute atomic E-state index is 12.4. The van der Waals surface area contributed by atoms with Gasteiger partial charge >= 0.3 is 0 Å². The molecule has 0 aromatic heterocycles. The van der Waals surface area contributed by atoms with E-state index in [1.807, 2.05) is 0 Å². The second-order valence-corrected chi connectivity index (χ2v) is 6.83. The van der Waals surface area contributed by atoms with Crippen LogP contribution in [-0.4, -0.2) is 32.2 Å². The van der Waals surface area contributed by atoms with Gasteiger partial charge in [-0.15, -0.1) is 0 Å². The van der Waals surface area contributed by atoms with E-state index < -0.39 is 17.9 Å². The largest absolute Gasteiger partial charge is 0.548 e. The molecule has 1 amide bonds. The smallest absolute Gasteiger partial charge is 0.266 e. The molecule has 1 fully saturated rings. The minimum absolute atomic E-state index is 0.126. The van der Waals surface area contributed by atoms with Gasteiger partial charge in [-0.3, -0.25) is 9.69 Å². The summed E-state index contributed by atoms with van der Waals surface area (Å²) in [6, 6.07) is 5.23. The van der Waals surface area contributed by atoms with Crippen molar-refractivity contribution in [1.29, 1.82) is 0 Å². The number of hydrogen-bond acceptors (Lipinski definition) is 6.